The van der Waals surface area contributed by atoms with Crippen molar-refractivity contribution in [1.82, 2.24) is 15.2 Å². The number of piperazine rings is 1. The van der Waals surface area contributed by atoms with Crippen molar-refractivity contribution in [3.05, 3.63) is 23.4 Å². The van der Waals surface area contributed by atoms with Gasteiger partial charge >= 0.3 is 0 Å². The Kier molecular flexibility index (Phi) is 4.21. The summed E-state index contributed by atoms with van der Waals surface area (Å²) in [5.74, 6) is -1.10. The molecule has 3 N–H and O–H groups in total. The molecule has 1 unspecified atom stereocenters. The van der Waals surface area contributed by atoms with E-state index in [1.165, 1.54) is 11.0 Å². The van der Waals surface area contributed by atoms with Crippen molar-refractivity contribution in [2.24, 2.45) is 0 Å². The highest BCUT2D eigenvalue weighted by molar-refractivity contribution is 6.07. The van der Waals surface area contributed by atoms with Crippen LogP contribution in [0.2, 0.25) is 0 Å². The van der Waals surface area contributed by atoms with Gasteiger partial charge < -0.3 is 10.6 Å². The minimum atomic E-state index is -0.695. The quantitative estimate of drug-likeness (QED) is 0.768. The maximum Gasteiger partial charge on any atom is 0.255 e. The first-order valence-electron chi connectivity index (χ1n) is 6.83. The molecule has 0 bridgehead atoms. The van der Waals surface area contributed by atoms with Crippen molar-refractivity contribution in [3.63, 3.8) is 0 Å². The van der Waals surface area contributed by atoms with Crippen LogP contribution in [-0.2, 0) is 16.0 Å². The van der Waals surface area contributed by atoms with Gasteiger partial charge in [-0.25, -0.2) is 4.98 Å². The Labute approximate surface area is 122 Å². The third-order valence-electron chi connectivity index (χ3n) is 3.34. The number of nitrogens with zero attached hydrogens (tertiary/aromatic N) is 2. The summed E-state index contributed by atoms with van der Waals surface area (Å²) < 4.78 is 0. The molecule has 21 heavy (non-hydrogen) atoms. The van der Waals surface area contributed by atoms with Crippen LogP contribution >= 0.6 is 0 Å². The van der Waals surface area contributed by atoms with Gasteiger partial charge in [-0.15, -0.1) is 0 Å². The number of nitrogens with one attached hydrogen (secondary N) is 1. The zero-order chi connectivity index (χ0) is 15.6. The Bertz CT molecular complexity index is 600. The van der Waals surface area contributed by atoms with Crippen LogP contribution in [-0.4, -0.2) is 40.2 Å². The fourth-order valence-electron chi connectivity index (χ4n) is 2.25. The second-order valence-corrected chi connectivity index (χ2v) is 5.04. The molecule has 0 spiro atoms. The van der Waals surface area contributed by atoms with Crippen LogP contribution in [0, 0.1) is 0 Å². The third kappa shape index (κ3) is 3.18. The maximum atomic E-state index is 12.5. The monoisotopic (exact) mass is 290 g/mol. The summed E-state index contributed by atoms with van der Waals surface area (Å²) in [5, 5.41) is 2.20. The zero-order valence-electron chi connectivity index (χ0n) is 12.0. The fourth-order valence-corrected chi connectivity index (χ4v) is 2.25. The number of nitrogen functional groups attached to an aromatic ring is 1. The number of hydrogen-bond donors (Lipinski definition) is 2. The van der Waals surface area contributed by atoms with E-state index in [0.29, 0.717) is 12.0 Å². The van der Waals surface area contributed by atoms with Gasteiger partial charge in [0.2, 0.25) is 11.8 Å². The minimum absolute atomic E-state index is 0.142. The Morgan fingerprint density at radius 1 is 1.48 bits per heavy atom. The largest absolute Gasteiger partial charge is 0.384 e. The van der Waals surface area contributed by atoms with Crippen LogP contribution in [0.3, 0.4) is 0 Å². The lowest BCUT2D eigenvalue weighted by molar-refractivity contribution is -0.138. The number of aromatic nitrogens is 1. The van der Waals surface area contributed by atoms with E-state index in [1.54, 1.807) is 13.0 Å². The normalized spacial score (nSPS) is 18.6. The lowest BCUT2D eigenvalue weighted by atomic mass is 10.1. The number of amides is 3. The molecule has 7 heteroatoms. The van der Waals surface area contributed by atoms with Crippen LogP contribution in [0.4, 0.5) is 5.82 Å². The van der Waals surface area contributed by atoms with Gasteiger partial charge in [-0.3, -0.25) is 19.7 Å². The van der Waals surface area contributed by atoms with Gasteiger partial charge in [0.05, 0.1) is 0 Å². The molecule has 1 fully saturated rings. The molecule has 1 aliphatic heterocycles. The topological polar surface area (TPSA) is 105 Å². The van der Waals surface area contributed by atoms with Gasteiger partial charge in [-0.05, 0) is 25.5 Å². The van der Waals surface area contributed by atoms with Crippen LogP contribution < -0.4 is 11.1 Å². The molecular weight excluding hydrogens is 272 g/mol. The Morgan fingerprint density at radius 3 is 2.86 bits per heavy atom. The van der Waals surface area contributed by atoms with Crippen LogP contribution in [0.5, 0.6) is 0 Å². The highest BCUT2D eigenvalue weighted by Crippen LogP contribution is 2.15. The number of imide groups is 1. The van der Waals surface area contributed by atoms with Crippen molar-refractivity contribution in [2.45, 2.75) is 32.7 Å². The number of nitrogens with two attached hydrogens (primary N) is 1. The molecule has 3 amide bonds. The van der Waals surface area contributed by atoms with Crippen molar-refractivity contribution >= 4 is 23.5 Å². The summed E-state index contributed by atoms with van der Waals surface area (Å²) in [4.78, 5) is 41.0. The molecule has 2 rings (SSSR count). The SMILES string of the molecule is CCCc1cc(C(=O)N2CC(=O)NC(=O)C2C)cc(N)n1. The van der Waals surface area contributed by atoms with E-state index in [4.69, 9.17) is 5.73 Å². The fraction of sp³-hybridized carbons (Fsp3) is 0.429. The average Bonchev–Trinajstić information content (AvgIpc) is 2.41. The van der Waals surface area contributed by atoms with E-state index < -0.39 is 23.8 Å². The average molecular weight is 290 g/mol. The van der Waals surface area contributed by atoms with Crippen LogP contribution in [0.15, 0.2) is 12.1 Å². The molecule has 1 saturated heterocycles. The van der Waals surface area contributed by atoms with Gasteiger partial charge in [0.15, 0.2) is 0 Å². The summed E-state index contributed by atoms with van der Waals surface area (Å²) in [6.07, 6.45) is 1.59. The predicted molar refractivity (Wildman–Crippen MR) is 76.3 cm³/mol. The lowest BCUT2D eigenvalue weighted by Gasteiger charge is -2.31. The van der Waals surface area contributed by atoms with Crippen molar-refractivity contribution in [2.75, 3.05) is 12.3 Å². The summed E-state index contributed by atoms with van der Waals surface area (Å²) in [7, 11) is 0. The Hall–Kier alpha value is -2.44. The van der Waals surface area contributed by atoms with E-state index >= 15 is 0 Å². The minimum Gasteiger partial charge on any atom is -0.384 e. The number of aryl methyl sites for hydroxylation is 1. The number of carbonyl (C=O) groups is 3. The molecule has 1 aliphatic rings. The van der Waals surface area contributed by atoms with E-state index in [9.17, 15) is 14.4 Å². The van der Waals surface area contributed by atoms with E-state index in [-0.39, 0.29) is 12.4 Å². The van der Waals surface area contributed by atoms with Crippen molar-refractivity contribution < 1.29 is 14.4 Å². The second-order valence-electron chi connectivity index (χ2n) is 5.04. The molecule has 1 atom stereocenters. The number of pyridine rings is 1. The molecule has 7 nitrogen and oxygen atoms in total. The van der Waals surface area contributed by atoms with E-state index in [1.807, 2.05) is 6.92 Å². The van der Waals surface area contributed by atoms with Gasteiger partial charge in [0.1, 0.15) is 18.4 Å². The van der Waals surface area contributed by atoms with Gasteiger partial charge in [-0.1, -0.05) is 13.3 Å². The van der Waals surface area contributed by atoms with Crippen molar-refractivity contribution in [3.8, 4) is 0 Å². The van der Waals surface area contributed by atoms with E-state index in [2.05, 4.69) is 10.3 Å². The molecule has 2 heterocycles. The third-order valence-corrected chi connectivity index (χ3v) is 3.34. The Morgan fingerprint density at radius 2 is 2.19 bits per heavy atom. The number of rotatable bonds is 3. The second kappa shape index (κ2) is 5.90. The standard InChI is InChI=1S/C14H18N4O3/c1-3-4-10-5-9(6-11(15)16-10)14(21)18-7-12(19)17-13(20)8(18)2/h5-6,8H,3-4,7H2,1-2H3,(H2,15,16)(H,17,19,20). The summed E-state index contributed by atoms with van der Waals surface area (Å²) >= 11 is 0. The van der Waals surface area contributed by atoms with Gasteiger partial charge in [-0.2, -0.15) is 0 Å². The van der Waals surface area contributed by atoms with E-state index in [0.717, 1.165) is 12.1 Å². The predicted octanol–water partition coefficient (Wildman–Crippen LogP) is 0.103. The van der Waals surface area contributed by atoms with Gasteiger partial charge in [0, 0.05) is 11.3 Å². The van der Waals surface area contributed by atoms with Crippen LogP contribution in [0.25, 0.3) is 0 Å². The maximum absolute atomic E-state index is 12.5. The lowest BCUT2D eigenvalue weighted by Crippen LogP contribution is -2.58. The molecule has 0 radical (unpaired) electrons. The van der Waals surface area contributed by atoms with Crippen LogP contribution in [0.1, 0.15) is 36.3 Å². The summed E-state index contributed by atoms with van der Waals surface area (Å²) in [6, 6.07) is 2.43. The number of hydrogen-bond acceptors (Lipinski definition) is 5. The summed E-state index contributed by atoms with van der Waals surface area (Å²) in [6.45, 7) is 3.44. The first-order valence-corrected chi connectivity index (χ1v) is 6.83. The van der Waals surface area contributed by atoms with Crippen molar-refractivity contribution in [1.29, 1.82) is 0 Å². The summed E-state index contributed by atoms with van der Waals surface area (Å²) in [5.41, 5.74) is 6.79. The highest BCUT2D eigenvalue weighted by atomic mass is 16.2. The Balaban J connectivity index is 2.30. The molecule has 0 saturated carbocycles. The smallest absolute Gasteiger partial charge is 0.255 e. The molecule has 1 aromatic rings. The molecular formula is C14H18N4O3. The number of carbonyl (C=O) groups excluding carboxylic acids is 3. The molecule has 112 valence electrons. The van der Waals surface area contributed by atoms with Gasteiger partial charge in [0.25, 0.3) is 5.91 Å². The first-order chi connectivity index (χ1) is 9.92. The molecule has 0 aliphatic carbocycles. The number of anilines is 1. The highest BCUT2D eigenvalue weighted by Gasteiger charge is 2.34. The molecule has 0 aromatic carbocycles. The zero-order valence-corrected chi connectivity index (χ0v) is 12.0. The molecule has 1 aromatic heterocycles. The first kappa shape index (κ1) is 15.0.